The highest BCUT2D eigenvalue weighted by Crippen LogP contribution is 2.50. The minimum Gasteiger partial charge on any atom is -0.431 e. The van der Waals surface area contributed by atoms with Gasteiger partial charge in [0.2, 0.25) is 0 Å². The van der Waals surface area contributed by atoms with Gasteiger partial charge in [-0.3, -0.25) is 0 Å². The molecule has 0 spiro atoms. The molecule has 1 N–H and O–H groups in total. The van der Waals surface area contributed by atoms with E-state index in [1.54, 1.807) is 11.8 Å². The van der Waals surface area contributed by atoms with E-state index in [0.29, 0.717) is 17.1 Å². The number of hydrogen-bond donors (Lipinski definition) is 1. The van der Waals surface area contributed by atoms with E-state index in [1.807, 2.05) is 48.5 Å². The van der Waals surface area contributed by atoms with Crippen molar-refractivity contribution in [2.24, 2.45) is 17.0 Å². The maximum atomic E-state index is 9.48. The number of benzene rings is 2. The largest absolute Gasteiger partial charge is 0.431 e. The molecule has 3 atom stereocenters. The molecule has 0 amide bonds. The average Bonchev–Trinajstić information content (AvgIpc) is 3.44. The molecule has 1 aromatic heterocycles. The van der Waals surface area contributed by atoms with Crippen LogP contribution in [0.4, 0.5) is 0 Å². The van der Waals surface area contributed by atoms with Crippen molar-refractivity contribution >= 4 is 17.5 Å². The number of oxazole rings is 1. The zero-order chi connectivity index (χ0) is 18.2. The Labute approximate surface area is 162 Å². The second kappa shape index (κ2) is 6.89. The predicted octanol–water partition coefficient (Wildman–Crippen LogP) is 5.73. The van der Waals surface area contributed by atoms with E-state index in [9.17, 15) is 5.21 Å². The third-order valence-electron chi connectivity index (χ3n) is 5.65. The fraction of sp³-hybridized carbons (Fsp3) is 0.273. The van der Waals surface area contributed by atoms with Gasteiger partial charge in [-0.25, -0.2) is 4.98 Å². The van der Waals surface area contributed by atoms with Crippen LogP contribution in [0.5, 0.6) is 0 Å². The van der Waals surface area contributed by atoms with E-state index >= 15 is 0 Å². The molecular weight excluding hydrogens is 356 g/mol. The molecule has 2 aromatic carbocycles. The second-order valence-electron chi connectivity index (χ2n) is 7.22. The first-order valence-corrected chi connectivity index (χ1v) is 10.2. The highest BCUT2D eigenvalue weighted by molar-refractivity contribution is 8.00. The van der Waals surface area contributed by atoms with Crippen LogP contribution in [-0.2, 0) is 0 Å². The Morgan fingerprint density at radius 1 is 0.963 bits per heavy atom. The summed E-state index contributed by atoms with van der Waals surface area (Å²) in [5, 5.41) is 13.9. The summed E-state index contributed by atoms with van der Waals surface area (Å²) in [6.07, 6.45) is 3.45. The molecule has 0 aliphatic heterocycles. The van der Waals surface area contributed by atoms with Crippen LogP contribution in [0.25, 0.3) is 22.6 Å². The molecule has 2 fully saturated rings. The molecule has 4 nitrogen and oxygen atoms in total. The van der Waals surface area contributed by atoms with Crippen LogP contribution < -0.4 is 0 Å². The van der Waals surface area contributed by atoms with Crippen molar-refractivity contribution < 1.29 is 9.62 Å². The third kappa shape index (κ3) is 2.96. The van der Waals surface area contributed by atoms with Crippen LogP contribution in [0.1, 0.15) is 19.3 Å². The van der Waals surface area contributed by atoms with Crippen molar-refractivity contribution in [1.82, 2.24) is 4.98 Å². The maximum Gasteiger partial charge on any atom is 0.257 e. The van der Waals surface area contributed by atoms with Crippen LogP contribution in [0.3, 0.4) is 0 Å². The summed E-state index contributed by atoms with van der Waals surface area (Å²) in [5.41, 5.74) is 3.82. The van der Waals surface area contributed by atoms with Crippen molar-refractivity contribution in [2.75, 3.05) is 0 Å². The van der Waals surface area contributed by atoms with Gasteiger partial charge in [0.15, 0.2) is 5.76 Å². The molecule has 0 radical (unpaired) electrons. The Balaban J connectivity index is 1.54. The van der Waals surface area contributed by atoms with Crippen LogP contribution in [0.2, 0.25) is 0 Å². The topological polar surface area (TPSA) is 58.6 Å². The number of nitrogens with zero attached hydrogens (tertiary/aromatic N) is 2. The maximum absolute atomic E-state index is 9.48. The van der Waals surface area contributed by atoms with Gasteiger partial charge in [-0.15, -0.1) is 0 Å². The molecule has 2 aliphatic rings. The first kappa shape index (κ1) is 16.6. The van der Waals surface area contributed by atoms with Gasteiger partial charge in [0.25, 0.3) is 5.22 Å². The number of fused-ring (bicyclic) bond motifs is 2. The van der Waals surface area contributed by atoms with E-state index < -0.39 is 0 Å². The summed E-state index contributed by atoms with van der Waals surface area (Å²) >= 11 is 1.60. The van der Waals surface area contributed by atoms with E-state index in [2.05, 4.69) is 17.3 Å². The van der Waals surface area contributed by atoms with Crippen LogP contribution in [-0.4, -0.2) is 21.2 Å². The quantitative estimate of drug-likeness (QED) is 0.467. The van der Waals surface area contributed by atoms with Crippen molar-refractivity contribution in [2.45, 2.75) is 29.7 Å². The first-order valence-electron chi connectivity index (χ1n) is 9.33. The summed E-state index contributed by atoms with van der Waals surface area (Å²) < 4.78 is 6.23. The molecular formula is C22H20N2O2S. The number of aromatic nitrogens is 1. The molecule has 0 saturated heterocycles. The van der Waals surface area contributed by atoms with E-state index in [-0.39, 0.29) is 5.25 Å². The minimum absolute atomic E-state index is 0.166. The predicted molar refractivity (Wildman–Crippen MR) is 107 cm³/mol. The lowest BCUT2D eigenvalue weighted by Gasteiger charge is -2.20. The van der Waals surface area contributed by atoms with E-state index in [0.717, 1.165) is 41.1 Å². The van der Waals surface area contributed by atoms with Gasteiger partial charge in [0.05, 0.1) is 11.0 Å². The van der Waals surface area contributed by atoms with E-state index in [1.165, 1.54) is 6.42 Å². The van der Waals surface area contributed by atoms with Gasteiger partial charge < -0.3 is 9.62 Å². The molecule has 1 heterocycles. The summed E-state index contributed by atoms with van der Waals surface area (Å²) in [6.45, 7) is 0. The lowest BCUT2D eigenvalue weighted by atomic mass is 9.98. The van der Waals surface area contributed by atoms with Crippen LogP contribution >= 0.6 is 11.8 Å². The first-order chi connectivity index (χ1) is 13.3. The zero-order valence-corrected chi connectivity index (χ0v) is 15.6. The zero-order valence-electron chi connectivity index (χ0n) is 14.8. The van der Waals surface area contributed by atoms with Crippen LogP contribution in [0, 0.1) is 11.8 Å². The Hall–Kier alpha value is -2.53. The second-order valence-corrected chi connectivity index (χ2v) is 8.32. The smallest absolute Gasteiger partial charge is 0.257 e. The molecule has 2 bridgehead atoms. The average molecular weight is 376 g/mol. The van der Waals surface area contributed by atoms with Gasteiger partial charge in [-0.05, 0) is 25.2 Å². The Morgan fingerprint density at radius 2 is 1.67 bits per heavy atom. The van der Waals surface area contributed by atoms with Crippen LogP contribution in [0.15, 0.2) is 75.5 Å². The number of thioether (sulfide) groups is 1. The van der Waals surface area contributed by atoms with Crippen molar-refractivity contribution in [3.8, 4) is 22.6 Å². The summed E-state index contributed by atoms with van der Waals surface area (Å²) in [4.78, 5) is 4.83. The highest BCUT2D eigenvalue weighted by Gasteiger charge is 2.46. The Morgan fingerprint density at radius 3 is 2.37 bits per heavy atom. The van der Waals surface area contributed by atoms with Gasteiger partial charge in [-0.1, -0.05) is 77.6 Å². The van der Waals surface area contributed by atoms with E-state index in [4.69, 9.17) is 9.40 Å². The molecule has 5 heteroatoms. The third-order valence-corrected chi connectivity index (χ3v) is 6.90. The normalized spacial score (nSPS) is 25.3. The molecule has 27 heavy (non-hydrogen) atoms. The summed E-state index contributed by atoms with van der Waals surface area (Å²) in [7, 11) is 0. The van der Waals surface area contributed by atoms with Crippen molar-refractivity contribution in [3.63, 3.8) is 0 Å². The number of oxime groups is 1. The summed E-state index contributed by atoms with van der Waals surface area (Å²) in [5.74, 6) is 1.77. The molecule has 2 saturated carbocycles. The molecule has 136 valence electrons. The highest BCUT2D eigenvalue weighted by atomic mass is 32.2. The fourth-order valence-corrected chi connectivity index (χ4v) is 5.66. The monoisotopic (exact) mass is 376 g/mol. The molecule has 3 unspecified atom stereocenters. The van der Waals surface area contributed by atoms with Gasteiger partial charge >= 0.3 is 0 Å². The fourth-order valence-electron chi connectivity index (χ4n) is 4.37. The lowest BCUT2D eigenvalue weighted by Crippen LogP contribution is -2.24. The Kier molecular flexibility index (Phi) is 4.24. The lowest BCUT2D eigenvalue weighted by molar-refractivity contribution is 0.313. The van der Waals surface area contributed by atoms with Crippen molar-refractivity contribution in [3.05, 3.63) is 60.7 Å². The minimum atomic E-state index is 0.166. The van der Waals surface area contributed by atoms with Gasteiger partial charge in [0.1, 0.15) is 5.69 Å². The standard InChI is InChI=1S/C22H20N2O2S/c25-24-19-16-11-12-17(13-16)21(19)27-22-23-18(14-7-3-1-4-8-14)20(26-22)15-9-5-2-6-10-15/h1-10,16-17,21,25H,11-13H2. The SMILES string of the molecule is ON=C1C2CCC(C2)C1Sc1nc(-c2ccccc2)c(-c2ccccc2)o1. The van der Waals surface area contributed by atoms with Gasteiger partial charge in [-0.2, -0.15) is 0 Å². The van der Waals surface area contributed by atoms with Gasteiger partial charge in [0, 0.05) is 17.0 Å². The number of rotatable bonds is 4. The molecule has 5 rings (SSSR count). The van der Waals surface area contributed by atoms with Crippen molar-refractivity contribution in [1.29, 1.82) is 0 Å². The Bertz CT molecular complexity index is 911. The summed E-state index contributed by atoms with van der Waals surface area (Å²) in [6, 6.07) is 20.2. The number of hydrogen-bond acceptors (Lipinski definition) is 5. The molecule has 3 aromatic rings. The molecule has 2 aliphatic carbocycles.